The van der Waals surface area contributed by atoms with Crippen molar-refractivity contribution in [3.8, 4) is 0 Å². The molecule has 0 aliphatic rings. The number of para-hydroxylation sites is 1. The van der Waals surface area contributed by atoms with Crippen LogP contribution in [0.5, 0.6) is 0 Å². The number of nitrogens with zero attached hydrogens (tertiary/aromatic N) is 1. The number of likely N-dealkylation sites (N-methyl/N-ethyl adjacent to an activating group) is 1. The van der Waals surface area contributed by atoms with E-state index in [2.05, 4.69) is 32.2 Å². The second-order valence-electron chi connectivity index (χ2n) is 6.55. The Morgan fingerprint density at radius 3 is 2.62 bits per heavy atom. The molecule has 0 saturated carbocycles. The summed E-state index contributed by atoms with van der Waals surface area (Å²) in [5.74, 6) is 0.0225. The second kappa shape index (κ2) is 7.57. The first-order valence-corrected chi connectivity index (χ1v) is 7.56. The van der Waals surface area contributed by atoms with Gasteiger partial charge < -0.3 is 11.1 Å². The first-order chi connectivity index (χ1) is 9.79. The summed E-state index contributed by atoms with van der Waals surface area (Å²) in [5, 5.41) is 3.05. The smallest absolute Gasteiger partial charge is 0.238 e. The molecule has 1 aromatic rings. The maximum atomic E-state index is 12.2. The van der Waals surface area contributed by atoms with Crippen LogP contribution >= 0.6 is 0 Å². The molecule has 0 spiro atoms. The number of anilines is 1. The fourth-order valence-corrected chi connectivity index (χ4v) is 2.48. The quantitative estimate of drug-likeness (QED) is 0.811. The lowest BCUT2D eigenvalue weighted by Crippen LogP contribution is -2.40. The molecule has 0 aromatic heterocycles. The predicted molar refractivity (Wildman–Crippen MR) is 89.5 cm³/mol. The minimum atomic E-state index is 0.0201. The van der Waals surface area contributed by atoms with Gasteiger partial charge in [-0.15, -0.1) is 0 Å². The van der Waals surface area contributed by atoms with Crippen LogP contribution in [0.25, 0.3) is 0 Å². The highest BCUT2D eigenvalue weighted by molar-refractivity contribution is 5.93. The Kier molecular flexibility index (Phi) is 6.37. The molecule has 0 unspecified atom stereocenters. The van der Waals surface area contributed by atoms with Gasteiger partial charge in [0.25, 0.3) is 0 Å². The van der Waals surface area contributed by atoms with Gasteiger partial charge in [-0.3, -0.25) is 9.69 Å². The fraction of sp³-hybridized carbons (Fsp3) is 0.588. The molecule has 0 fully saturated rings. The predicted octanol–water partition coefficient (Wildman–Crippen LogP) is 2.41. The summed E-state index contributed by atoms with van der Waals surface area (Å²) in [6.45, 7) is 10.1. The first kappa shape index (κ1) is 17.7. The highest BCUT2D eigenvalue weighted by atomic mass is 16.2. The number of benzene rings is 1. The largest absolute Gasteiger partial charge is 0.330 e. The van der Waals surface area contributed by atoms with Crippen LogP contribution in [0.3, 0.4) is 0 Å². The highest BCUT2D eigenvalue weighted by Gasteiger charge is 2.19. The number of nitrogens with one attached hydrogen (secondary N) is 1. The average molecular weight is 291 g/mol. The van der Waals surface area contributed by atoms with E-state index in [1.54, 1.807) is 0 Å². The van der Waals surface area contributed by atoms with Crippen LogP contribution in [0.4, 0.5) is 5.69 Å². The lowest BCUT2D eigenvalue weighted by Gasteiger charge is -2.28. The molecule has 1 aromatic carbocycles. The van der Waals surface area contributed by atoms with Crippen molar-refractivity contribution in [1.29, 1.82) is 0 Å². The van der Waals surface area contributed by atoms with Gasteiger partial charge in [-0.25, -0.2) is 0 Å². The summed E-state index contributed by atoms with van der Waals surface area (Å²) in [6, 6.07) is 6.11. The monoisotopic (exact) mass is 291 g/mol. The van der Waals surface area contributed by atoms with Crippen molar-refractivity contribution >= 4 is 11.6 Å². The molecule has 0 radical (unpaired) electrons. The van der Waals surface area contributed by atoms with Gasteiger partial charge in [0.15, 0.2) is 0 Å². The molecule has 0 heterocycles. The Labute approximate surface area is 128 Å². The third kappa shape index (κ3) is 5.48. The number of aryl methyl sites for hydroxylation is 2. The maximum absolute atomic E-state index is 12.2. The third-order valence-electron chi connectivity index (χ3n) is 3.67. The van der Waals surface area contributed by atoms with Gasteiger partial charge in [0, 0.05) is 12.2 Å². The van der Waals surface area contributed by atoms with E-state index in [4.69, 9.17) is 5.73 Å². The summed E-state index contributed by atoms with van der Waals surface area (Å²) < 4.78 is 0. The summed E-state index contributed by atoms with van der Waals surface area (Å²) in [6.07, 6.45) is 0.910. The molecular formula is C17H29N3O. The van der Waals surface area contributed by atoms with E-state index in [1.807, 2.05) is 31.0 Å². The van der Waals surface area contributed by atoms with Crippen molar-refractivity contribution < 1.29 is 4.79 Å². The highest BCUT2D eigenvalue weighted by Crippen LogP contribution is 2.21. The molecule has 0 aliphatic carbocycles. The number of rotatable bonds is 7. The van der Waals surface area contributed by atoms with Crippen molar-refractivity contribution in [2.75, 3.05) is 32.0 Å². The van der Waals surface area contributed by atoms with E-state index in [0.717, 1.165) is 24.2 Å². The number of amides is 1. The fourth-order valence-electron chi connectivity index (χ4n) is 2.48. The van der Waals surface area contributed by atoms with Crippen molar-refractivity contribution in [1.82, 2.24) is 4.90 Å². The third-order valence-corrected chi connectivity index (χ3v) is 3.67. The van der Waals surface area contributed by atoms with E-state index in [1.165, 1.54) is 5.56 Å². The van der Waals surface area contributed by atoms with Crippen LogP contribution < -0.4 is 11.1 Å². The lowest BCUT2D eigenvalue weighted by atomic mass is 9.93. The minimum absolute atomic E-state index is 0.0201. The van der Waals surface area contributed by atoms with Crippen LogP contribution in [-0.4, -0.2) is 37.5 Å². The topological polar surface area (TPSA) is 58.4 Å². The number of hydrogen-bond acceptors (Lipinski definition) is 3. The summed E-state index contributed by atoms with van der Waals surface area (Å²) in [5.41, 5.74) is 8.99. The van der Waals surface area contributed by atoms with E-state index in [9.17, 15) is 4.79 Å². The van der Waals surface area contributed by atoms with E-state index in [0.29, 0.717) is 13.1 Å². The van der Waals surface area contributed by atoms with Crippen LogP contribution in [-0.2, 0) is 11.2 Å². The van der Waals surface area contributed by atoms with E-state index < -0.39 is 0 Å². The summed E-state index contributed by atoms with van der Waals surface area (Å²) >= 11 is 0. The summed E-state index contributed by atoms with van der Waals surface area (Å²) in [4.78, 5) is 14.3. The van der Waals surface area contributed by atoms with Gasteiger partial charge >= 0.3 is 0 Å². The minimum Gasteiger partial charge on any atom is -0.330 e. The van der Waals surface area contributed by atoms with E-state index >= 15 is 0 Å². The first-order valence-electron chi connectivity index (χ1n) is 7.56. The molecule has 0 saturated heterocycles. The van der Waals surface area contributed by atoms with Crippen LogP contribution in [0.2, 0.25) is 0 Å². The number of hydrogen-bond donors (Lipinski definition) is 2. The van der Waals surface area contributed by atoms with Crippen molar-refractivity contribution in [2.24, 2.45) is 11.1 Å². The molecule has 0 aliphatic heterocycles. The van der Waals surface area contributed by atoms with Gasteiger partial charge in [-0.2, -0.15) is 0 Å². The van der Waals surface area contributed by atoms with Crippen molar-refractivity contribution in [3.05, 3.63) is 29.3 Å². The SMILES string of the molecule is CCc1cccc(C)c1NC(=O)CN(C)CC(C)(C)CN. The molecule has 118 valence electrons. The zero-order valence-corrected chi connectivity index (χ0v) is 14.0. The van der Waals surface area contributed by atoms with Gasteiger partial charge in [0.2, 0.25) is 5.91 Å². The molecule has 0 bridgehead atoms. The second-order valence-corrected chi connectivity index (χ2v) is 6.55. The lowest BCUT2D eigenvalue weighted by molar-refractivity contribution is -0.117. The van der Waals surface area contributed by atoms with Crippen molar-refractivity contribution in [2.45, 2.75) is 34.1 Å². The van der Waals surface area contributed by atoms with Crippen LogP contribution in [0, 0.1) is 12.3 Å². The molecule has 4 nitrogen and oxygen atoms in total. The van der Waals surface area contributed by atoms with Crippen LogP contribution in [0.1, 0.15) is 31.9 Å². The molecule has 4 heteroatoms. The molecular weight excluding hydrogens is 262 g/mol. The average Bonchev–Trinajstić information content (AvgIpc) is 2.40. The van der Waals surface area contributed by atoms with Gasteiger partial charge in [-0.05, 0) is 43.5 Å². The molecule has 1 amide bonds. The Hall–Kier alpha value is -1.39. The van der Waals surface area contributed by atoms with Gasteiger partial charge in [0.1, 0.15) is 0 Å². The Morgan fingerprint density at radius 2 is 2.05 bits per heavy atom. The van der Waals surface area contributed by atoms with Crippen LogP contribution in [0.15, 0.2) is 18.2 Å². The maximum Gasteiger partial charge on any atom is 0.238 e. The normalized spacial score (nSPS) is 11.8. The number of carbonyl (C=O) groups is 1. The molecule has 0 atom stereocenters. The van der Waals surface area contributed by atoms with Gasteiger partial charge in [-0.1, -0.05) is 39.0 Å². The van der Waals surface area contributed by atoms with Gasteiger partial charge in [0.05, 0.1) is 6.54 Å². The number of nitrogens with two attached hydrogens (primary N) is 1. The molecule has 1 rings (SSSR count). The molecule has 21 heavy (non-hydrogen) atoms. The molecule has 3 N–H and O–H groups in total. The zero-order valence-electron chi connectivity index (χ0n) is 14.0. The Morgan fingerprint density at radius 1 is 1.38 bits per heavy atom. The standard InChI is InChI=1S/C17H29N3O/c1-6-14-9-7-8-13(2)16(14)19-15(21)10-20(5)12-17(3,4)11-18/h7-9H,6,10-12,18H2,1-5H3,(H,19,21). The Bertz CT molecular complexity index is 483. The summed E-state index contributed by atoms with van der Waals surface area (Å²) in [7, 11) is 1.95. The zero-order chi connectivity index (χ0) is 16.0. The van der Waals surface area contributed by atoms with E-state index in [-0.39, 0.29) is 11.3 Å². The number of carbonyl (C=O) groups excluding carboxylic acids is 1. The Balaban J connectivity index is 2.66. The van der Waals surface area contributed by atoms with Crippen molar-refractivity contribution in [3.63, 3.8) is 0 Å².